The Balaban J connectivity index is 2.29. The number of carbonyl (C=O) groups is 1. The quantitative estimate of drug-likeness (QED) is 0.763. The van der Waals surface area contributed by atoms with Crippen molar-refractivity contribution in [1.29, 1.82) is 0 Å². The Kier molecular flexibility index (Phi) is 5.77. The van der Waals surface area contributed by atoms with E-state index in [1.165, 1.54) is 46.8 Å². The van der Waals surface area contributed by atoms with Gasteiger partial charge in [0, 0.05) is 18.1 Å². The fourth-order valence-corrected chi connectivity index (χ4v) is 3.63. The molecule has 0 aromatic heterocycles. The predicted octanol–water partition coefficient (Wildman–Crippen LogP) is 3.42. The van der Waals surface area contributed by atoms with E-state index in [9.17, 15) is 13.2 Å². The number of nitrogens with zero attached hydrogens (tertiary/aromatic N) is 1. The first-order valence-electron chi connectivity index (χ1n) is 7.03. The Morgan fingerprint density at radius 1 is 1.12 bits per heavy atom. The number of hydrogen-bond acceptors (Lipinski definition) is 3. The molecule has 2 rings (SSSR count). The second kappa shape index (κ2) is 7.61. The van der Waals surface area contributed by atoms with E-state index in [2.05, 4.69) is 6.58 Å². The van der Waals surface area contributed by atoms with Gasteiger partial charge in [-0.25, -0.2) is 13.2 Å². The van der Waals surface area contributed by atoms with Crippen LogP contribution in [-0.4, -0.2) is 30.3 Å². The van der Waals surface area contributed by atoms with Crippen molar-refractivity contribution in [2.24, 2.45) is 0 Å². The van der Waals surface area contributed by atoms with Crippen LogP contribution in [0.4, 0.5) is 0 Å². The van der Waals surface area contributed by atoms with Crippen molar-refractivity contribution in [2.75, 3.05) is 6.54 Å². The molecule has 7 heteroatoms. The topological polar surface area (TPSA) is 74.7 Å². The van der Waals surface area contributed by atoms with Gasteiger partial charge in [0.05, 0.1) is 10.5 Å². The molecule has 0 spiro atoms. The van der Waals surface area contributed by atoms with E-state index in [-0.39, 0.29) is 23.5 Å². The lowest BCUT2D eigenvalue weighted by molar-refractivity contribution is 0.0697. The van der Waals surface area contributed by atoms with E-state index in [1.54, 1.807) is 12.1 Å². The first kappa shape index (κ1) is 18.2. The minimum absolute atomic E-state index is 0.108. The summed E-state index contributed by atoms with van der Waals surface area (Å²) in [6.45, 7) is 3.83. The zero-order chi connectivity index (χ0) is 17.7. The average Bonchev–Trinajstić information content (AvgIpc) is 2.55. The summed E-state index contributed by atoms with van der Waals surface area (Å²) in [7, 11) is -3.72. The van der Waals surface area contributed by atoms with Crippen LogP contribution in [0, 0.1) is 0 Å². The molecule has 0 saturated carbocycles. The molecule has 0 atom stereocenters. The van der Waals surface area contributed by atoms with Gasteiger partial charge in [0.15, 0.2) is 0 Å². The Hall–Kier alpha value is -2.15. The smallest absolute Gasteiger partial charge is 0.335 e. The van der Waals surface area contributed by atoms with Gasteiger partial charge in [-0.1, -0.05) is 29.8 Å². The highest BCUT2D eigenvalue weighted by atomic mass is 35.5. The normalized spacial score (nSPS) is 11.4. The van der Waals surface area contributed by atoms with Crippen molar-refractivity contribution in [1.82, 2.24) is 4.31 Å². The standard InChI is InChI=1S/C17H16ClNO4S/c1-2-11-19(12-13-3-5-14(6-4-13)17(20)21)24(22,23)16-9-7-15(18)8-10-16/h2-10H,1,11-12H2,(H,20,21). The second-order valence-electron chi connectivity index (χ2n) is 5.04. The third-order valence-electron chi connectivity index (χ3n) is 3.34. The highest BCUT2D eigenvalue weighted by molar-refractivity contribution is 7.89. The summed E-state index contributed by atoms with van der Waals surface area (Å²) >= 11 is 5.80. The van der Waals surface area contributed by atoms with Crippen LogP contribution >= 0.6 is 11.6 Å². The van der Waals surface area contributed by atoms with Crippen LogP contribution < -0.4 is 0 Å². The lowest BCUT2D eigenvalue weighted by atomic mass is 10.1. The van der Waals surface area contributed by atoms with Gasteiger partial charge < -0.3 is 5.11 Å². The van der Waals surface area contributed by atoms with Crippen molar-refractivity contribution in [3.05, 3.63) is 77.3 Å². The largest absolute Gasteiger partial charge is 0.478 e. The van der Waals surface area contributed by atoms with E-state index >= 15 is 0 Å². The molecule has 0 fully saturated rings. The Morgan fingerprint density at radius 2 is 1.71 bits per heavy atom. The fourth-order valence-electron chi connectivity index (χ4n) is 2.10. The number of aromatic carboxylic acids is 1. The number of halogens is 1. The molecule has 0 aliphatic rings. The Labute approximate surface area is 145 Å². The van der Waals surface area contributed by atoms with Gasteiger partial charge in [-0.2, -0.15) is 4.31 Å². The molecule has 0 radical (unpaired) electrons. The second-order valence-corrected chi connectivity index (χ2v) is 7.42. The minimum atomic E-state index is -3.72. The van der Waals surface area contributed by atoms with Gasteiger partial charge in [-0.15, -0.1) is 6.58 Å². The molecular weight excluding hydrogens is 350 g/mol. The van der Waals surface area contributed by atoms with Crippen LogP contribution in [0.5, 0.6) is 0 Å². The molecule has 0 bridgehead atoms. The maximum Gasteiger partial charge on any atom is 0.335 e. The van der Waals surface area contributed by atoms with Gasteiger partial charge in [0.1, 0.15) is 0 Å². The van der Waals surface area contributed by atoms with Crippen molar-refractivity contribution < 1.29 is 18.3 Å². The molecule has 5 nitrogen and oxygen atoms in total. The summed E-state index contributed by atoms with van der Waals surface area (Å²) < 4.78 is 26.8. The summed E-state index contributed by atoms with van der Waals surface area (Å²) in [6.07, 6.45) is 1.50. The van der Waals surface area contributed by atoms with Crippen molar-refractivity contribution >= 4 is 27.6 Å². The SMILES string of the molecule is C=CCN(Cc1ccc(C(=O)O)cc1)S(=O)(=O)c1ccc(Cl)cc1. The molecule has 0 amide bonds. The number of sulfonamides is 1. The summed E-state index contributed by atoms with van der Waals surface area (Å²) in [5.41, 5.74) is 0.828. The van der Waals surface area contributed by atoms with E-state index in [0.717, 1.165) is 0 Å². The van der Waals surface area contributed by atoms with Crippen LogP contribution in [-0.2, 0) is 16.6 Å². The number of benzene rings is 2. The van der Waals surface area contributed by atoms with Crippen LogP contribution in [0.15, 0.2) is 66.1 Å². The number of hydrogen-bond donors (Lipinski definition) is 1. The molecule has 0 unspecified atom stereocenters. The number of rotatable bonds is 7. The first-order valence-corrected chi connectivity index (χ1v) is 8.85. The molecular formula is C17H16ClNO4S. The lowest BCUT2D eigenvalue weighted by Crippen LogP contribution is -2.30. The monoisotopic (exact) mass is 365 g/mol. The van der Waals surface area contributed by atoms with Crippen LogP contribution in [0.1, 0.15) is 15.9 Å². The van der Waals surface area contributed by atoms with Gasteiger partial charge in [0.2, 0.25) is 10.0 Å². The van der Waals surface area contributed by atoms with E-state index in [4.69, 9.17) is 16.7 Å². The Morgan fingerprint density at radius 3 is 2.21 bits per heavy atom. The van der Waals surface area contributed by atoms with Gasteiger partial charge >= 0.3 is 5.97 Å². The zero-order valence-electron chi connectivity index (χ0n) is 12.7. The Bertz CT molecular complexity index is 830. The summed E-state index contributed by atoms with van der Waals surface area (Å²) in [4.78, 5) is 11.0. The molecule has 0 aliphatic carbocycles. The fraction of sp³-hybridized carbons (Fsp3) is 0.118. The van der Waals surface area contributed by atoms with E-state index in [0.29, 0.717) is 10.6 Å². The molecule has 0 heterocycles. The van der Waals surface area contributed by atoms with E-state index in [1.807, 2.05) is 0 Å². The minimum Gasteiger partial charge on any atom is -0.478 e. The summed E-state index contributed by atoms with van der Waals surface area (Å²) in [5.74, 6) is -1.03. The van der Waals surface area contributed by atoms with Crippen LogP contribution in [0.3, 0.4) is 0 Å². The molecule has 0 aliphatic heterocycles. The van der Waals surface area contributed by atoms with Crippen molar-refractivity contribution in [3.8, 4) is 0 Å². The summed E-state index contributed by atoms with van der Waals surface area (Å²) in [6, 6.07) is 12.0. The number of carboxylic acid groups (broad SMARTS) is 1. The van der Waals surface area contributed by atoms with Crippen LogP contribution in [0.25, 0.3) is 0 Å². The summed E-state index contributed by atoms with van der Waals surface area (Å²) in [5, 5.41) is 9.36. The average molecular weight is 366 g/mol. The maximum absolute atomic E-state index is 12.8. The van der Waals surface area contributed by atoms with Gasteiger partial charge in [-0.3, -0.25) is 0 Å². The highest BCUT2D eigenvalue weighted by Gasteiger charge is 2.23. The molecule has 1 N–H and O–H groups in total. The van der Waals surface area contributed by atoms with Gasteiger partial charge in [0.25, 0.3) is 0 Å². The maximum atomic E-state index is 12.8. The third-order valence-corrected chi connectivity index (χ3v) is 5.42. The lowest BCUT2D eigenvalue weighted by Gasteiger charge is -2.21. The molecule has 2 aromatic rings. The van der Waals surface area contributed by atoms with Crippen molar-refractivity contribution in [3.63, 3.8) is 0 Å². The van der Waals surface area contributed by atoms with E-state index < -0.39 is 16.0 Å². The van der Waals surface area contributed by atoms with Crippen molar-refractivity contribution in [2.45, 2.75) is 11.4 Å². The molecule has 126 valence electrons. The van der Waals surface area contributed by atoms with Gasteiger partial charge in [-0.05, 0) is 42.0 Å². The molecule has 24 heavy (non-hydrogen) atoms. The molecule has 2 aromatic carbocycles. The number of carboxylic acids is 1. The zero-order valence-corrected chi connectivity index (χ0v) is 14.3. The first-order chi connectivity index (χ1) is 11.3. The van der Waals surface area contributed by atoms with Crippen LogP contribution in [0.2, 0.25) is 5.02 Å². The highest BCUT2D eigenvalue weighted by Crippen LogP contribution is 2.20. The molecule has 0 saturated heterocycles. The third kappa shape index (κ3) is 4.23. The predicted molar refractivity (Wildman–Crippen MR) is 92.6 cm³/mol.